The molecule has 1 aliphatic heterocycles. The number of carbonyl (C=O) groups is 3. The van der Waals surface area contributed by atoms with E-state index in [1.807, 2.05) is 6.92 Å². The summed E-state index contributed by atoms with van der Waals surface area (Å²) in [6.07, 6.45) is 0. The topological polar surface area (TPSA) is 109 Å². The van der Waals surface area contributed by atoms with Crippen LogP contribution in [0.5, 0.6) is 0 Å². The molecule has 128 valence electrons. The Labute approximate surface area is 144 Å². The first kappa shape index (κ1) is 16.8. The lowest BCUT2D eigenvalue weighted by Gasteiger charge is -2.09. The molecule has 3 rings (SSSR count). The molecule has 0 fully saturated rings. The van der Waals surface area contributed by atoms with Gasteiger partial charge in [-0.2, -0.15) is 0 Å². The Balaban J connectivity index is 1.81. The predicted octanol–water partition coefficient (Wildman–Crippen LogP) is 1.29. The van der Waals surface area contributed by atoms with E-state index >= 15 is 0 Å². The molecule has 3 amide bonds. The van der Waals surface area contributed by atoms with Crippen LogP contribution in [0, 0.1) is 6.92 Å². The maximum atomic E-state index is 12.3. The van der Waals surface area contributed by atoms with Crippen molar-refractivity contribution in [2.75, 3.05) is 11.1 Å². The SMILES string of the molecule is Cc1ccc(S(=O)(=O)CC(=O)Nc2cccc3c2C(=O)NC3=O)cc1. The summed E-state index contributed by atoms with van der Waals surface area (Å²) in [7, 11) is -3.81. The van der Waals surface area contributed by atoms with Crippen LogP contribution < -0.4 is 10.6 Å². The van der Waals surface area contributed by atoms with Crippen molar-refractivity contribution >= 4 is 33.2 Å². The molecule has 0 atom stereocenters. The summed E-state index contributed by atoms with van der Waals surface area (Å²) in [5.74, 6) is -2.74. The molecule has 2 aromatic carbocycles. The van der Waals surface area contributed by atoms with Crippen LogP contribution in [0.2, 0.25) is 0 Å². The van der Waals surface area contributed by atoms with Gasteiger partial charge in [0.2, 0.25) is 5.91 Å². The number of benzene rings is 2. The number of amides is 3. The van der Waals surface area contributed by atoms with E-state index in [2.05, 4.69) is 10.6 Å². The van der Waals surface area contributed by atoms with E-state index in [4.69, 9.17) is 0 Å². The van der Waals surface area contributed by atoms with Crippen LogP contribution in [0.25, 0.3) is 0 Å². The molecule has 0 bridgehead atoms. The van der Waals surface area contributed by atoms with E-state index in [0.29, 0.717) is 0 Å². The Morgan fingerprint density at radius 3 is 2.40 bits per heavy atom. The molecular weight excluding hydrogens is 344 g/mol. The summed E-state index contributed by atoms with van der Waals surface area (Å²) in [4.78, 5) is 35.6. The lowest BCUT2D eigenvalue weighted by Crippen LogP contribution is -2.24. The highest BCUT2D eigenvalue weighted by molar-refractivity contribution is 7.92. The highest BCUT2D eigenvalue weighted by Gasteiger charge is 2.30. The summed E-state index contributed by atoms with van der Waals surface area (Å²) < 4.78 is 24.6. The van der Waals surface area contributed by atoms with E-state index < -0.39 is 33.3 Å². The van der Waals surface area contributed by atoms with Crippen molar-refractivity contribution in [2.24, 2.45) is 0 Å². The number of sulfone groups is 1. The van der Waals surface area contributed by atoms with Crippen LogP contribution >= 0.6 is 0 Å². The van der Waals surface area contributed by atoms with Crippen molar-refractivity contribution in [1.29, 1.82) is 0 Å². The fourth-order valence-electron chi connectivity index (χ4n) is 2.51. The molecule has 0 radical (unpaired) electrons. The molecule has 0 spiro atoms. The second kappa shape index (κ2) is 6.14. The fraction of sp³-hybridized carbons (Fsp3) is 0.118. The number of hydrogen-bond acceptors (Lipinski definition) is 5. The van der Waals surface area contributed by atoms with Gasteiger partial charge in [-0.25, -0.2) is 8.42 Å². The molecule has 7 nitrogen and oxygen atoms in total. The van der Waals surface area contributed by atoms with Gasteiger partial charge in [-0.05, 0) is 31.2 Å². The van der Waals surface area contributed by atoms with Crippen molar-refractivity contribution < 1.29 is 22.8 Å². The molecule has 25 heavy (non-hydrogen) atoms. The van der Waals surface area contributed by atoms with Crippen LogP contribution in [0.4, 0.5) is 5.69 Å². The first-order valence-electron chi connectivity index (χ1n) is 7.36. The summed E-state index contributed by atoms with van der Waals surface area (Å²) in [5, 5.41) is 4.53. The number of imide groups is 1. The summed E-state index contributed by atoms with van der Waals surface area (Å²) in [6, 6.07) is 10.5. The molecule has 0 unspecified atom stereocenters. The minimum absolute atomic E-state index is 0.0357. The minimum Gasteiger partial charge on any atom is -0.324 e. The summed E-state index contributed by atoms with van der Waals surface area (Å²) >= 11 is 0. The Morgan fingerprint density at radius 1 is 1.04 bits per heavy atom. The van der Waals surface area contributed by atoms with Crippen molar-refractivity contribution in [3.63, 3.8) is 0 Å². The zero-order valence-corrected chi connectivity index (χ0v) is 14.0. The van der Waals surface area contributed by atoms with Gasteiger partial charge in [0.15, 0.2) is 9.84 Å². The van der Waals surface area contributed by atoms with Crippen LogP contribution in [-0.4, -0.2) is 31.9 Å². The monoisotopic (exact) mass is 358 g/mol. The van der Waals surface area contributed by atoms with E-state index in [9.17, 15) is 22.8 Å². The van der Waals surface area contributed by atoms with Crippen molar-refractivity contribution in [3.05, 3.63) is 59.2 Å². The third-order valence-electron chi connectivity index (χ3n) is 3.74. The molecule has 1 aliphatic rings. The second-order valence-corrected chi connectivity index (χ2v) is 7.62. The number of aryl methyl sites for hydroxylation is 1. The quantitative estimate of drug-likeness (QED) is 0.801. The first-order chi connectivity index (χ1) is 11.8. The predicted molar refractivity (Wildman–Crippen MR) is 90.1 cm³/mol. The van der Waals surface area contributed by atoms with E-state index in [-0.39, 0.29) is 21.7 Å². The Morgan fingerprint density at radius 2 is 1.72 bits per heavy atom. The third kappa shape index (κ3) is 3.29. The van der Waals surface area contributed by atoms with Crippen LogP contribution in [0.1, 0.15) is 26.3 Å². The van der Waals surface area contributed by atoms with Gasteiger partial charge in [-0.15, -0.1) is 0 Å². The lowest BCUT2D eigenvalue weighted by atomic mass is 10.1. The largest absolute Gasteiger partial charge is 0.324 e. The molecule has 0 saturated carbocycles. The minimum atomic E-state index is -3.81. The zero-order chi connectivity index (χ0) is 18.2. The highest BCUT2D eigenvalue weighted by Crippen LogP contribution is 2.24. The van der Waals surface area contributed by atoms with Gasteiger partial charge >= 0.3 is 0 Å². The van der Waals surface area contributed by atoms with Crippen molar-refractivity contribution in [2.45, 2.75) is 11.8 Å². The highest BCUT2D eigenvalue weighted by atomic mass is 32.2. The maximum Gasteiger partial charge on any atom is 0.261 e. The number of nitrogens with one attached hydrogen (secondary N) is 2. The Kier molecular flexibility index (Phi) is 4.13. The molecule has 0 aliphatic carbocycles. The number of fused-ring (bicyclic) bond motifs is 1. The lowest BCUT2D eigenvalue weighted by molar-refractivity contribution is -0.113. The summed E-state index contributed by atoms with van der Waals surface area (Å²) in [6.45, 7) is 1.82. The maximum absolute atomic E-state index is 12.3. The molecular formula is C17H14N2O5S. The first-order valence-corrected chi connectivity index (χ1v) is 9.01. The zero-order valence-electron chi connectivity index (χ0n) is 13.2. The molecule has 8 heteroatoms. The molecule has 0 aromatic heterocycles. The number of rotatable bonds is 4. The third-order valence-corrected chi connectivity index (χ3v) is 5.37. The van der Waals surface area contributed by atoms with Gasteiger partial charge in [-0.1, -0.05) is 23.8 Å². The van der Waals surface area contributed by atoms with E-state index in [0.717, 1.165) is 5.56 Å². The molecule has 2 aromatic rings. The Bertz CT molecular complexity index is 994. The average molecular weight is 358 g/mol. The van der Waals surface area contributed by atoms with E-state index in [1.54, 1.807) is 12.1 Å². The van der Waals surface area contributed by atoms with Gasteiger partial charge < -0.3 is 5.32 Å². The van der Waals surface area contributed by atoms with Crippen LogP contribution in [0.15, 0.2) is 47.4 Å². The standard InChI is InChI=1S/C17H14N2O5S/c1-10-5-7-11(8-6-10)25(23,24)9-14(20)18-13-4-2-3-12-15(13)17(22)19-16(12)21/h2-8H,9H2,1H3,(H,18,20)(H,19,21,22). The van der Waals surface area contributed by atoms with Gasteiger partial charge in [0.25, 0.3) is 11.8 Å². The van der Waals surface area contributed by atoms with Crippen LogP contribution in [-0.2, 0) is 14.6 Å². The van der Waals surface area contributed by atoms with Crippen LogP contribution in [0.3, 0.4) is 0 Å². The normalized spacial score (nSPS) is 13.3. The average Bonchev–Trinajstić information content (AvgIpc) is 2.83. The van der Waals surface area contributed by atoms with Gasteiger partial charge in [-0.3, -0.25) is 19.7 Å². The smallest absolute Gasteiger partial charge is 0.261 e. The second-order valence-electron chi connectivity index (χ2n) is 5.63. The Hall–Kier alpha value is -3.00. The summed E-state index contributed by atoms with van der Waals surface area (Å²) in [5.41, 5.74) is 1.18. The van der Waals surface area contributed by atoms with Gasteiger partial charge in [0, 0.05) is 0 Å². The molecule has 1 heterocycles. The number of anilines is 1. The fourth-order valence-corrected chi connectivity index (χ4v) is 3.65. The molecule has 2 N–H and O–H groups in total. The number of hydrogen-bond donors (Lipinski definition) is 2. The molecule has 0 saturated heterocycles. The van der Waals surface area contributed by atoms with Crippen molar-refractivity contribution in [3.8, 4) is 0 Å². The van der Waals surface area contributed by atoms with Crippen molar-refractivity contribution in [1.82, 2.24) is 5.32 Å². The van der Waals surface area contributed by atoms with Gasteiger partial charge in [0.1, 0.15) is 5.75 Å². The van der Waals surface area contributed by atoms with E-state index in [1.165, 1.54) is 30.3 Å². The van der Waals surface area contributed by atoms with Gasteiger partial charge in [0.05, 0.1) is 21.7 Å². The number of carbonyl (C=O) groups excluding carboxylic acids is 3.